The Labute approximate surface area is 166 Å². The lowest BCUT2D eigenvalue weighted by molar-refractivity contribution is -0.131. The molecule has 7 heteroatoms. The molecular formula is C22H20FN3O3. The number of nitrogens with one attached hydrogen (secondary N) is 2. The summed E-state index contributed by atoms with van der Waals surface area (Å²) < 4.78 is 19.0. The number of para-hydroxylation sites is 1. The monoisotopic (exact) mass is 393 g/mol. The van der Waals surface area contributed by atoms with Gasteiger partial charge in [-0.05, 0) is 35.9 Å². The zero-order chi connectivity index (χ0) is 20.0. The molecule has 4 unspecified atom stereocenters. The summed E-state index contributed by atoms with van der Waals surface area (Å²) in [5, 5.41) is 10.4. The molecule has 148 valence electrons. The molecule has 5 rings (SSSR count). The van der Waals surface area contributed by atoms with Crippen molar-refractivity contribution in [3.05, 3.63) is 89.6 Å². The highest BCUT2D eigenvalue weighted by Gasteiger charge is 2.55. The summed E-state index contributed by atoms with van der Waals surface area (Å²) in [5.74, 6) is 0.259. The maximum Gasteiger partial charge on any atom is 0.242 e. The van der Waals surface area contributed by atoms with E-state index in [4.69, 9.17) is 4.42 Å². The van der Waals surface area contributed by atoms with E-state index in [1.807, 2.05) is 18.2 Å². The number of fused-ring (bicyclic) bond motifs is 1. The maximum absolute atomic E-state index is 13.6. The Morgan fingerprint density at radius 2 is 1.76 bits per heavy atom. The van der Waals surface area contributed by atoms with E-state index < -0.39 is 6.04 Å². The highest BCUT2D eigenvalue weighted by Crippen LogP contribution is 2.48. The molecule has 2 aliphatic rings. The Morgan fingerprint density at radius 3 is 2.48 bits per heavy atom. The minimum absolute atomic E-state index is 0.0638. The van der Waals surface area contributed by atoms with E-state index in [9.17, 15) is 14.3 Å². The van der Waals surface area contributed by atoms with Crippen molar-refractivity contribution in [2.75, 3.05) is 0 Å². The highest BCUT2D eigenvalue weighted by molar-refractivity contribution is 5.86. The molecule has 4 atom stereocenters. The minimum atomic E-state index is -0.468. The van der Waals surface area contributed by atoms with Crippen molar-refractivity contribution in [3.63, 3.8) is 0 Å². The number of furan rings is 1. The SMILES string of the molecule is O=C1C2NNC(c3ccccc3O)C2C(c2ccc(F)cc2)N1Cc1ccco1. The van der Waals surface area contributed by atoms with Crippen molar-refractivity contribution in [2.24, 2.45) is 5.92 Å². The normalized spacial score (nSPS) is 26.1. The minimum Gasteiger partial charge on any atom is -0.508 e. The predicted molar refractivity (Wildman–Crippen MR) is 103 cm³/mol. The first kappa shape index (κ1) is 17.9. The number of amides is 1. The van der Waals surface area contributed by atoms with Gasteiger partial charge in [-0.15, -0.1) is 0 Å². The van der Waals surface area contributed by atoms with Crippen LogP contribution in [0.15, 0.2) is 71.3 Å². The molecule has 2 fully saturated rings. The molecule has 0 spiro atoms. The Morgan fingerprint density at radius 1 is 1.00 bits per heavy atom. The number of aromatic hydroxyl groups is 1. The van der Waals surface area contributed by atoms with E-state index in [-0.39, 0.29) is 35.5 Å². The Hall–Kier alpha value is -3.16. The summed E-state index contributed by atoms with van der Waals surface area (Å²) in [7, 11) is 0. The fraction of sp³-hybridized carbons (Fsp3) is 0.227. The Bertz CT molecular complexity index is 1020. The predicted octanol–water partition coefficient (Wildman–Crippen LogP) is 3.04. The third-order valence-corrected chi connectivity index (χ3v) is 5.80. The molecule has 3 N–H and O–H groups in total. The second kappa shape index (κ2) is 7.02. The number of benzene rings is 2. The van der Waals surface area contributed by atoms with Gasteiger partial charge in [0.05, 0.1) is 24.9 Å². The Kier molecular flexibility index (Phi) is 4.34. The third kappa shape index (κ3) is 2.99. The van der Waals surface area contributed by atoms with E-state index in [0.29, 0.717) is 17.9 Å². The first-order valence-corrected chi connectivity index (χ1v) is 9.51. The van der Waals surface area contributed by atoms with E-state index in [2.05, 4.69) is 10.9 Å². The Balaban J connectivity index is 1.58. The van der Waals surface area contributed by atoms with Gasteiger partial charge in [-0.1, -0.05) is 30.3 Å². The van der Waals surface area contributed by atoms with Gasteiger partial charge in [0.15, 0.2) is 0 Å². The summed E-state index contributed by atoms with van der Waals surface area (Å²) in [6, 6.07) is 15.9. The van der Waals surface area contributed by atoms with Crippen molar-refractivity contribution in [3.8, 4) is 5.75 Å². The summed E-state index contributed by atoms with van der Waals surface area (Å²) >= 11 is 0. The molecule has 3 heterocycles. The average Bonchev–Trinajstić information content (AvgIpc) is 3.44. The van der Waals surface area contributed by atoms with E-state index in [1.165, 1.54) is 12.1 Å². The molecule has 0 bridgehead atoms. The summed E-state index contributed by atoms with van der Waals surface area (Å²) in [6.45, 7) is 0.316. The lowest BCUT2D eigenvalue weighted by Crippen LogP contribution is -2.41. The second-order valence-corrected chi connectivity index (χ2v) is 7.42. The van der Waals surface area contributed by atoms with E-state index in [0.717, 1.165) is 5.56 Å². The van der Waals surface area contributed by atoms with Gasteiger partial charge in [0.2, 0.25) is 5.91 Å². The maximum atomic E-state index is 13.6. The van der Waals surface area contributed by atoms with Crippen LogP contribution in [0.25, 0.3) is 0 Å². The van der Waals surface area contributed by atoms with Crippen LogP contribution in [-0.4, -0.2) is 22.0 Å². The van der Waals surface area contributed by atoms with Crippen molar-refractivity contribution >= 4 is 5.91 Å². The molecule has 0 saturated carbocycles. The molecule has 0 radical (unpaired) electrons. The molecule has 2 saturated heterocycles. The third-order valence-electron chi connectivity index (χ3n) is 5.80. The zero-order valence-electron chi connectivity index (χ0n) is 15.5. The van der Waals surface area contributed by atoms with Gasteiger partial charge < -0.3 is 14.4 Å². The fourth-order valence-electron chi connectivity index (χ4n) is 4.52. The van der Waals surface area contributed by atoms with Gasteiger partial charge in [-0.2, -0.15) is 0 Å². The van der Waals surface area contributed by atoms with Crippen LogP contribution in [0.4, 0.5) is 4.39 Å². The molecule has 6 nitrogen and oxygen atoms in total. The fourth-order valence-corrected chi connectivity index (χ4v) is 4.52. The van der Waals surface area contributed by atoms with Crippen LogP contribution in [0, 0.1) is 11.7 Å². The van der Waals surface area contributed by atoms with E-state index >= 15 is 0 Å². The second-order valence-electron chi connectivity index (χ2n) is 7.42. The molecule has 3 aromatic rings. The quantitative estimate of drug-likeness (QED) is 0.635. The number of carbonyl (C=O) groups is 1. The summed E-state index contributed by atoms with van der Waals surface area (Å²) in [6.07, 6.45) is 1.58. The lowest BCUT2D eigenvalue weighted by Gasteiger charge is -2.31. The number of hydrazine groups is 1. The standard InChI is InChI=1S/C22H20FN3O3/c23-14-9-7-13(8-10-14)21-18-19(16-5-1-2-6-17(16)27)24-25-20(18)22(28)26(21)12-15-4-3-11-29-15/h1-11,18-21,24-25,27H,12H2. The van der Waals surface area contributed by atoms with Crippen LogP contribution in [0.5, 0.6) is 5.75 Å². The number of rotatable bonds is 4. The number of nitrogens with zero attached hydrogens (tertiary/aromatic N) is 1. The first-order chi connectivity index (χ1) is 14.1. The van der Waals surface area contributed by atoms with Crippen LogP contribution in [0.1, 0.15) is 29.0 Å². The summed E-state index contributed by atoms with van der Waals surface area (Å²) in [5.41, 5.74) is 7.84. The largest absolute Gasteiger partial charge is 0.508 e. The van der Waals surface area contributed by atoms with Crippen LogP contribution >= 0.6 is 0 Å². The molecule has 29 heavy (non-hydrogen) atoms. The van der Waals surface area contributed by atoms with Crippen molar-refractivity contribution in [1.29, 1.82) is 0 Å². The van der Waals surface area contributed by atoms with Gasteiger partial charge in [-0.3, -0.25) is 4.79 Å². The van der Waals surface area contributed by atoms with Gasteiger partial charge in [0, 0.05) is 11.5 Å². The van der Waals surface area contributed by atoms with Gasteiger partial charge in [0.1, 0.15) is 23.4 Å². The van der Waals surface area contributed by atoms with Crippen molar-refractivity contribution in [1.82, 2.24) is 15.8 Å². The molecular weight excluding hydrogens is 373 g/mol. The van der Waals surface area contributed by atoms with Crippen molar-refractivity contribution in [2.45, 2.75) is 24.7 Å². The number of carbonyl (C=O) groups excluding carboxylic acids is 1. The number of halogens is 1. The van der Waals surface area contributed by atoms with Crippen LogP contribution in [-0.2, 0) is 11.3 Å². The number of phenolic OH excluding ortho intramolecular Hbond substituents is 1. The van der Waals surface area contributed by atoms with Crippen LogP contribution < -0.4 is 10.9 Å². The number of likely N-dealkylation sites (tertiary alicyclic amines) is 1. The molecule has 1 amide bonds. The average molecular weight is 393 g/mol. The number of hydrogen-bond acceptors (Lipinski definition) is 5. The topological polar surface area (TPSA) is 77.7 Å². The van der Waals surface area contributed by atoms with Crippen LogP contribution in [0.2, 0.25) is 0 Å². The van der Waals surface area contributed by atoms with Gasteiger partial charge >= 0.3 is 0 Å². The number of phenols is 1. The number of hydrogen-bond donors (Lipinski definition) is 3. The highest BCUT2D eigenvalue weighted by atomic mass is 19.1. The molecule has 1 aromatic heterocycles. The van der Waals surface area contributed by atoms with E-state index in [1.54, 1.807) is 41.5 Å². The molecule has 2 aromatic carbocycles. The molecule has 2 aliphatic heterocycles. The van der Waals surface area contributed by atoms with Crippen molar-refractivity contribution < 1.29 is 18.7 Å². The first-order valence-electron chi connectivity index (χ1n) is 9.51. The van der Waals surface area contributed by atoms with Gasteiger partial charge in [0.25, 0.3) is 0 Å². The smallest absolute Gasteiger partial charge is 0.242 e. The van der Waals surface area contributed by atoms with Crippen LogP contribution in [0.3, 0.4) is 0 Å². The zero-order valence-corrected chi connectivity index (χ0v) is 15.5. The summed E-state index contributed by atoms with van der Waals surface area (Å²) in [4.78, 5) is 15.0. The molecule has 0 aliphatic carbocycles. The van der Waals surface area contributed by atoms with Gasteiger partial charge in [-0.25, -0.2) is 15.2 Å². The lowest BCUT2D eigenvalue weighted by atomic mass is 9.83.